The topological polar surface area (TPSA) is 73.6 Å². The monoisotopic (exact) mass is 300 g/mol. The summed E-state index contributed by atoms with van der Waals surface area (Å²) in [6.07, 6.45) is 0.345. The quantitative estimate of drug-likeness (QED) is 0.838. The number of nitrogens with one attached hydrogen (secondary N) is 1. The molecule has 1 saturated carbocycles. The van der Waals surface area contributed by atoms with Crippen LogP contribution in [0.4, 0.5) is 14.5 Å². The van der Waals surface area contributed by atoms with E-state index in [0.717, 1.165) is 6.07 Å². The molecule has 5 nitrogen and oxygen atoms in total. The molecule has 3 unspecified atom stereocenters. The van der Waals surface area contributed by atoms with E-state index in [2.05, 4.69) is 5.32 Å². The second-order valence-electron chi connectivity index (χ2n) is 4.86. The summed E-state index contributed by atoms with van der Waals surface area (Å²) in [5, 5.41) is 2.90. The van der Waals surface area contributed by atoms with Crippen LogP contribution in [-0.4, -0.2) is 37.9 Å². The normalized spacial score (nSPS) is 24.5. The van der Waals surface area contributed by atoms with E-state index in [-0.39, 0.29) is 29.5 Å². The Morgan fingerprint density at radius 2 is 2.14 bits per heavy atom. The standard InChI is InChI=1S/C14H18F2N2O3/c1-3-21-12-6-11(13(12)20-2)18-10-4-7(14(17)19)8(15)5-9(10)16/h4-5,11-13,18H,3,6H2,1-2H3,(H2,17,19). The summed E-state index contributed by atoms with van der Waals surface area (Å²) in [7, 11) is 1.54. The van der Waals surface area contributed by atoms with Crippen molar-refractivity contribution in [2.45, 2.75) is 31.6 Å². The van der Waals surface area contributed by atoms with E-state index in [1.807, 2.05) is 6.92 Å². The van der Waals surface area contributed by atoms with Crippen LogP contribution >= 0.6 is 0 Å². The van der Waals surface area contributed by atoms with Gasteiger partial charge in [0.25, 0.3) is 5.91 Å². The third-order valence-electron chi connectivity index (χ3n) is 3.57. The zero-order chi connectivity index (χ0) is 15.6. The van der Waals surface area contributed by atoms with Crippen molar-refractivity contribution in [1.29, 1.82) is 0 Å². The largest absolute Gasteiger partial charge is 0.377 e. The van der Waals surface area contributed by atoms with Gasteiger partial charge in [-0.15, -0.1) is 0 Å². The van der Waals surface area contributed by atoms with Crippen molar-refractivity contribution in [3.05, 3.63) is 29.3 Å². The minimum absolute atomic E-state index is 0.0206. The summed E-state index contributed by atoms with van der Waals surface area (Å²) in [6, 6.07) is 1.55. The molecule has 3 N–H and O–H groups in total. The van der Waals surface area contributed by atoms with Crippen molar-refractivity contribution in [2.75, 3.05) is 19.0 Å². The van der Waals surface area contributed by atoms with Crippen LogP contribution in [-0.2, 0) is 9.47 Å². The molecular formula is C14H18F2N2O3. The van der Waals surface area contributed by atoms with Crippen molar-refractivity contribution in [2.24, 2.45) is 5.73 Å². The van der Waals surface area contributed by atoms with Gasteiger partial charge in [-0.3, -0.25) is 4.79 Å². The Morgan fingerprint density at radius 3 is 2.71 bits per heavy atom. The molecule has 0 spiro atoms. The second-order valence-corrected chi connectivity index (χ2v) is 4.86. The Labute approximate surface area is 121 Å². The molecule has 0 saturated heterocycles. The molecule has 1 aromatic carbocycles. The van der Waals surface area contributed by atoms with Gasteiger partial charge in [0.2, 0.25) is 0 Å². The average Bonchev–Trinajstić information content (AvgIpc) is 2.39. The molecule has 21 heavy (non-hydrogen) atoms. The molecule has 0 bridgehead atoms. The summed E-state index contributed by atoms with van der Waals surface area (Å²) in [4.78, 5) is 11.1. The number of methoxy groups -OCH3 is 1. The summed E-state index contributed by atoms with van der Waals surface area (Å²) in [5.74, 6) is -2.71. The van der Waals surface area contributed by atoms with Gasteiger partial charge in [0.15, 0.2) is 0 Å². The number of nitrogens with two attached hydrogens (primary N) is 1. The molecule has 0 aromatic heterocycles. The van der Waals surface area contributed by atoms with Gasteiger partial charge in [-0.05, 0) is 19.4 Å². The molecule has 116 valence electrons. The number of carbonyl (C=O) groups excluding carboxylic acids is 1. The molecule has 1 fully saturated rings. The average molecular weight is 300 g/mol. The van der Waals surface area contributed by atoms with E-state index in [4.69, 9.17) is 15.2 Å². The van der Waals surface area contributed by atoms with E-state index in [1.54, 1.807) is 7.11 Å². The lowest BCUT2D eigenvalue weighted by Crippen LogP contribution is -2.56. The smallest absolute Gasteiger partial charge is 0.251 e. The van der Waals surface area contributed by atoms with E-state index in [9.17, 15) is 13.6 Å². The van der Waals surface area contributed by atoms with Gasteiger partial charge < -0.3 is 20.5 Å². The number of halogens is 2. The van der Waals surface area contributed by atoms with Crippen molar-refractivity contribution >= 4 is 11.6 Å². The summed E-state index contributed by atoms with van der Waals surface area (Å²) >= 11 is 0. The highest BCUT2D eigenvalue weighted by atomic mass is 19.1. The molecule has 0 radical (unpaired) electrons. The molecule has 3 atom stereocenters. The van der Waals surface area contributed by atoms with Crippen molar-refractivity contribution < 1.29 is 23.0 Å². The zero-order valence-corrected chi connectivity index (χ0v) is 11.9. The predicted octanol–water partition coefficient (Wildman–Crippen LogP) is 1.67. The molecule has 0 heterocycles. The van der Waals surface area contributed by atoms with Gasteiger partial charge in [-0.1, -0.05) is 0 Å². The third kappa shape index (κ3) is 3.14. The van der Waals surface area contributed by atoms with Crippen LogP contribution in [0.3, 0.4) is 0 Å². The van der Waals surface area contributed by atoms with Gasteiger partial charge in [0.05, 0.1) is 23.4 Å². The lowest BCUT2D eigenvalue weighted by molar-refractivity contribution is -0.118. The number of amides is 1. The maximum atomic E-state index is 13.8. The maximum Gasteiger partial charge on any atom is 0.251 e. The summed E-state index contributed by atoms with van der Waals surface area (Å²) in [6.45, 7) is 2.44. The first-order valence-corrected chi connectivity index (χ1v) is 6.67. The van der Waals surface area contributed by atoms with E-state index >= 15 is 0 Å². The van der Waals surface area contributed by atoms with E-state index in [0.29, 0.717) is 19.1 Å². The summed E-state index contributed by atoms with van der Waals surface area (Å²) in [5.41, 5.74) is 4.72. The van der Waals surface area contributed by atoms with Crippen LogP contribution in [0.2, 0.25) is 0 Å². The van der Waals surface area contributed by atoms with Crippen LogP contribution in [0.1, 0.15) is 23.7 Å². The first-order chi connectivity index (χ1) is 9.97. The van der Waals surface area contributed by atoms with Crippen molar-refractivity contribution in [3.8, 4) is 0 Å². The van der Waals surface area contributed by atoms with Crippen LogP contribution in [0.5, 0.6) is 0 Å². The fourth-order valence-corrected chi connectivity index (χ4v) is 2.46. The number of hydrogen-bond acceptors (Lipinski definition) is 4. The van der Waals surface area contributed by atoms with Gasteiger partial charge in [-0.2, -0.15) is 0 Å². The van der Waals surface area contributed by atoms with Gasteiger partial charge >= 0.3 is 0 Å². The van der Waals surface area contributed by atoms with Crippen molar-refractivity contribution in [1.82, 2.24) is 0 Å². The fraction of sp³-hybridized carbons (Fsp3) is 0.500. The molecule has 1 aliphatic rings. The Morgan fingerprint density at radius 1 is 1.43 bits per heavy atom. The Balaban J connectivity index is 2.13. The number of rotatable bonds is 6. The highest BCUT2D eigenvalue weighted by molar-refractivity contribution is 5.94. The lowest BCUT2D eigenvalue weighted by atomic mass is 9.85. The third-order valence-corrected chi connectivity index (χ3v) is 3.57. The van der Waals surface area contributed by atoms with E-state index in [1.165, 1.54) is 0 Å². The zero-order valence-electron chi connectivity index (χ0n) is 11.9. The van der Waals surface area contributed by atoms with E-state index < -0.39 is 17.5 Å². The minimum Gasteiger partial charge on any atom is -0.377 e. The second kappa shape index (κ2) is 6.36. The Kier molecular flexibility index (Phi) is 4.74. The number of carbonyl (C=O) groups is 1. The van der Waals surface area contributed by atoms with Gasteiger partial charge in [0, 0.05) is 19.8 Å². The molecule has 1 aliphatic carbocycles. The lowest BCUT2D eigenvalue weighted by Gasteiger charge is -2.43. The first kappa shape index (κ1) is 15.7. The van der Waals surface area contributed by atoms with Crippen LogP contribution in [0.25, 0.3) is 0 Å². The molecule has 1 amide bonds. The molecule has 7 heteroatoms. The minimum atomic E-state index is -0.977. The fourth-order valence-electron chi connectivity index (χ4n) is 2.46. The predicted molar refractivity (Wildman–Crippen MR) is 73.1 cm³/mol. The molecular weight excluding hydrogens is 282 g/mol. The molecule has 1 aromatic rings. The summed E-state index contributed by atoms with van der Waals surface area (Å²) < 4.78 is 37.9. The number of ether oxygens (including phenoxy) is 2. The van der Waals surface area contributed by atoms with Crippen LogP contribution < -0.4 is 11.1 Å². The maximum absolute atomic E-state index is 13.8. The van der Waals surface area contributed by atoms with Crippen LogP contribution in [0.15, 0.2) is 12.1 Å². The number of primary amides is 1. The SMILES string of the molecule is CCOC1CC(Nc2cc(C(N)=O)c(F)cc2F)C1OC. The Bertz CT molecular complexity index is 539. The van der Waals surface area contributed by atoms with Gasteiger partial charge in [0.1, 0.15) is 17.7 Å². The number of hydrogen-bond donors (Lipinski definition) is 2. The molecule has 2 rings (SSSR count). The highest BCUT2D eigenvalue weighted by Crippen LogP contribution is 2.31. The highest BCUT2D eigenvalue weighted by Gasteiger charge is 2.42. The van der Waals surface area contributed by atoms with Crippen molar-refractivity contribution in [3.63, 3.8) is 0 Å². The first-order valence-electron chi connectivity index (χ1n) is 6.67. The van der Waals surface area contributed by atoms with Crippen LogP contribution in [0, 0.1) is 11.6 Å². The van der Waals surface area contributed by atoms with Gasteiger partial charge in [-0.25, -0.2) is 8.78 Å². The number of anilines is 1. The Hall–Kier alpha value is -1.73. The molecule has 0 aliphatic heterocycles. The number of benzene rings is 1.